The van der Waals surface area contributed by atoms with Crippen molar-refractivity contribution in [3.63, 3.8) is 0 Å². The minimum atomic E-state index is -0.518. The van der Waals surface area contributed by atoms with Gasteiger partial charge in [0.25, 0.3) is 5.91 Å². The van der Waals surface area contributed by atoms with Crippen molar-refractivity contribution in [3.05, 3.63) is 0 Å². The first-order chi connectivity index (χ1) is 4.75. The molecule has 0 aromatic rings. The number of hydroxylamine groups is 2. The smallest absolute Gasteiger partial charge is 0.267 e. The fraction of sp³-hybridized carbons (Fsp3) is 0.800. The molecule has 1 atom stereocenters. The van der Waals surface area contributed by atoms with Crippen LogP contribution in [0.3, 0.4) is 0 Å². The van der Waals surface area contributed by atoms with Crippen LogP contribution in [0.4, 0.5) is 0 Å². The zero-order valence-electron chi connectivity index (χ0n) is 5.74. The number of hydrogen-bond acceptors (Lipinski definition) is 4. The van der Waals surface area contributed by atoms with E-state index in [1.165, 1.54) is 7.11 Å². The zero-order valence-corrected chi connectivity index (χ0v) is 5.74. The van der Waals surface area contributed by atoms with Gasteiger partial charge in [-0.1, -0.05) is 0 Å². The quantitative estimate of drug-likeness (QED) is 0.525. The molecule has 1 rings (SSSR count). The average molecular weight is 146 g/mol. The molecule has 1 amide bonds. The second-order valence-corrected chi connectivity index (χ2v) is 2.04. The molecule has 0 aromatic carbocycles. The van der Waals surface area contributed by atoms with E-state index in [-0.39, 0.29) is 19.2 Å². The lowest BCUT2D eigenvalue weighted by Gasteiger charge is -2.11. The van der Waals surface area contributed by atoms with Gasteiger partial charge >= 0.3 is 0 Å². The molecule has 1 heterocycles. The molecule has 1 aliphatic rings. The van der Waals surface area contributed by atoms with E-state index in [2.05, 4.69) is 4.74 Å². The van der Waals surface area contributed by atoms with E-state index in [1.54, 1.807) is 0 Å². The maximum absolute atomic E-state index is 10.9. The summed E-state index contributed by atoms with van der Waals surface area (Å²) in [4.78, 5) is 15.7. The van der Waals surface area contributed by atoms with Crippen LogP contribution < -0.4 is 5.73 Å². The van der Waals surface area contributed by atoms with Gasteiger partial charge in [0.05, 0.1) is 6.61 Å². The Balaban J connectivity index is 2.41. The number of rotatable bonds is 2. The molecule has 58 valence electrons. The van der Waals surface area contributed by atoms with Gasteiger partial charge in [0.2, 0.25) is 0 Å². The number of carbonyl (C=O) groups is 1. The number of nitrogens with zero attached hydrogens (tertiary/aromatic N) is 1. The van der Waals surface area contributed by atoms with E-state index < -0.39 is 6.04 Å². The maximum atomic E-state index is 10.9. The fourth-order valence-corrected chi connectivity index (χ4v) is 0.708. The van der Waals surface area contributed by atoms with Gasteiger partial charge in [-0.3, -0.25) is 9.63 Å². The summed E-state index contributed by atoms with van der Waals surface area (Å²) in [6, 6.07) is -0.518. The van der Waals surface area contributed by atoms with Crippen LogP contribution in [0.1, 0.15) is 0 Å². The van der Waals surface area contributed by atoms with Gasteiger partial charge in [0.1, 0.15) is 12.8 Å². The van der Waals surface area contributed by atoms with Crippen molar-refractivity contribution in [2.75, 3.05) is 20.4 Å². The third-order valence-corrected chi connectivity index (χ3v) is 1.22. The molecule has 0 aliphatic carbocycles. The summed E-state index contributed by atoms with van der Waals surface area (Å²) in [7, 11) is 1.49. The SMILES string of the molecule is COCN1OC[C@@H](N)C1=O. The minimum Gasteiger partial charge on any atom is -0.362 e. The van der Waals surface area contributed by atoms with Crippen LogP contribution >= 0.6 is 0 Å². The Hall–Kier alpha value is -0.650. The summed E-state index contributed by atoms with van der Waals surface area (Å²) in [6.07, 6.45) is 0. The van der Waals surface area contributed by atoms with E-state index in [0.29, 0.717) is 0 Å². The highest BCUT2D eigenvalue weighted by atomic mass is 16.7. The number of carbonyl (C=O) groups excluding carboxylic acids is 1. The Morgan fingerprint density at radius 1 is 2.00 bits per heavy atom. The van der Waals surface area contributed by atoms with Crippen molar-refractivity contribution in [3.8, 4) is 0 Å². The molecule has 0 spiro atoms. The predicted molar refractivity (Wildman–Crippen MR) is 32.6 cm³/mol. The van der Waals surface area contributed by atoms with Crippen molar-refractivity contribution in [1.29, 1.82) is 0 Å². The van der Waals surface area contributed by atoms with Gasteiger partial charge in [0, 0.05) is 7.11 Å². The van der Waals surface area contributed by atoms with Crippen molar-refractivity contribution in [1.82, 2.24) is 5.06 Å². The molecule has 0 saturated carbocycles. The second kappa shape index (κ2) is 2.96. The van der Waals surface area contributed by atoms with Crippen molar-refractivity contribution < 1.29 is 14.4 Å². The molecule has 5 heteroatoms. The standard InChI is InChI=1S/C5H10N2O3/c1-9-3-7-5(8)4(6)2-10-7/h4H,2-3,6H2,1H3/t4-/m1/s1. The minimum absolute atomic E-state index is 0.145. The third-order valence-electron chi connectivity index (χ3n) is 1.22. The van der Waals surface area contributed by atoms with E-state index in [1.807, 2.05) is 0 Å². The molecule has 1 aliphatic heterocycles. The van der Waals surface area contributed by atoms with Crippen molar-refractivity contribution in [2.24, 2.45) is 5.73 Å². The Labute approximate surface area is 58.6 Å². The second-order valence-electron chi connectivity index (χ2n) is 2.04. The number of hydrogen-bond donors (Lipinski definition) is 1. The van der Waals surface area contributed by atoms with Gasteiger partial charge in [-0.05, 0) is 0 Å². The Kier molecular flexibility index (Phi) is 2.21. The summed E-state index contributed by atoms with van der Waals surface area (Å²) in [6.45, 7) is 0.398. The highest BCUT2D eigenvalue weighted by Crippen LogP contribution is 2.04. The summed E-state index contributed by atoms with van der Waals surface area (Å²) < 4.78 is 4.67. The van der Waals surface area contributed by atoms with E-state index >= 15 is 0 Å². The van der Waals surface area contributed by atoms with E-state index in [4.69, 9.17) is 10.6 Å². The largest absolute Gasteiger partial charge is 0.362 e. The number of nitrogens with two attached hydrogens (primary N) is 1. The monoisotopic (exact) mass is 146 g/mol. The highest BCUT2D eigenvalue weighted by molar-refractivity contribution is 5.82. The predicted octanol–water partition coefficient (Wildman–Crippen LogP) is -1.31. The summed E-state index contributed by atoms with van der Waals surface area (Å²) in [5.74, 6) is -0.221. The van der Waals surface area contributed by atoms with Gasteiger partial charge in [-0.2, -0.15) is 5.06 Å². The van der Waals surface area contributed by atoms with Gasteiger partial charge in [-0.25, -0.2) is 0 Å². The zero-order chi connectivity index (χ0) is 7.56. The molecule has 10 heavy (non-hydrogen) atoms. The van der Waals surface area contributed by atoms with Crippen LogP contribution in [0, 0.1) is 0 Å². The first kappa shape index (κ1) is 7.46. The molecule has 5 nitrogen and oxygen atoms in total. The Morgan fingerprint density at radius 3 is 3.10 bits per heavy atom. The third kappa shape index (κ3) is 1.26. The first-order valence-corrected chi connectivity index (χ1v) is 2.94. The van der Waals surface area contributed by atoms with E-state index in [0.717, 1.165) is 5.06 Å². The Morgan fingerprint density at radius 2 is 2.70 bits per heavy atom. The first-order valence-electron chi connectivity index (χ1n) is 2.94. The lowest BCUT2D eigenvalue weighted by atomic mass is 10.3. The molecule has 1 saturated heterocycles. The average Bonchev–Trinajstić information content (AvgIpc) is 2.20. The van der Waals surface area contributed by atoms with Crippen LogP contribution in [0.15, 0.2) is 0 Å². The van der Waals surface area contributed by atoms with Crippen LogP contribution in [0.5, 0.6) is 0 Å². The van der Waals surface area contributed by atoms with Crippen LogP contribution in [0.2, 0.25) is 0 Å². The normalized spacial score (nSPS) is 26.0. The molecule has 0 radical (unpaired) electrons. The molecule has 1 fully saturated rings. The summed E-state index contributed by atoms with van der Waals surface area (Å²) in [5, 5.41) is 1.12. The molecule has 2 N–H and O–H groups in total. The molecule has 0 bridgehead atoms. The lowest BCUT2D eigenvalue weighted by molar-refractivity contribution is -0.183. The van der Waals surface area contributed by atoms with Crippen molar-refractivity contribution in [2.45, 2.75) is 6.04 Å². The van der Waals surface area contributed by atoms with Crippen LogP contribution in [-0.2, 0) is 14.4 Å². The summed E-state index contributed by atoms with van der Waals surface area (Å²) >= 11 is 0. The van der Waals surface area contributed by atoms with Crippen LogP contribution in [0.25, 0.3) is 0 Å². The summed E-state index contributed by atoms with van der Waals surface area (Å²) in [5.41, 5.74) is 5.33. The maximum Gasteiger partial charge on any atom is 0.267 e. The van der Waals surface area contributed by atoms with Gasteiger partial charge in [0.15, 0.2) is 0 Å². The molecular weight excluding hydrogens is 136 g/mol. The van der Waals surface area contributed by atoms with Gasteiger partial charge in [-0.15, -0.1) is 0 Å². The number of methoxy groups -OCH3 is 1. The molecular formula is C5H10N2O3. The topological polar surface area (TPSA) is 64.8 Å². The van der Waals surface area contributed by atoms with Crippen LogP contribution in [-0.4, -0.2) is 37.5 Å². The lowest BCUT2D eigenvalue weighted by Crippen LogP contribution is -2.35. The molecule has 0 aromatic heterocycles. The van der Waals surface area contributed by atoms with Gasteiger partial charge < -0.3 is 10.5 Å². The Bertz CT molecular complexity index is 137. The highest BCUT2D eigenvalue weighted by Gasteiger charge is 2.29. The number of ether oxygens (including phenoxy) is 1. The van der Waals surface area contributed by atoms with E-state index in [9.17, 15) is 4.79 Å². The fourth-order valence-electron chi connectivity index (χ4n) is 0.708. The van der Waals surface area contributed by atoms with Crippen molar-refractivity contribution >= 4 is 5.91 Å². The molecule has 0 unspecified atom stereocenters. The number of amides is 1.